The molecule has 12 heavy (non-hydrogen) atoms. The lowest BCUT2D eigenvalue weighted by molar-refractivity contribution is 0.686. The van der Waals surface area contributed by atoms with E-state index in [1.807, 2.05) is 6.92 Å². The van der Waals surface area contributed by atoms with E-state index in [4.69, 9.17) is 0 Å². The van der Waals surface area contributed by atoms with Gasteiger partial charge in [0.1, 0.15) is 5.82 Å². The third-order valence-electron chi connectivity index (χ3n) is 1.45. The molecular formula is C9H15N3. The van der Waals surface area contributed by atoms with Crippen LogP contribution in [0.25, 0.3) is 0 Å². The van der Waals surface area contributed by atoms with E-state index in [1.165, 1.54) is 0 Å². The Labute approximate surface area is 73.2 Å². The van der Waals surface area contributed by atoms with Gasteiger partial charge in [0.05, 0.1) is 11.9 Å². The molecule has 0 aromatic carbocycles. The summed E-state index contributed by atoms with van der Waals surface area (Å²) in [6.07, 6.45) is 3.50. The van der Waals surface area contributed by atoms with Gasteiger partial charge in [-0.2, -0.15) is 0 Å². The van der Waals surface area contributed by atoms with Gasteiger partial charge >= 0.3 is 0 Å². The van der Waals surface area contributed by atoms with E-state index in [9.17, 15) is 0 Å². The third-order valence-corrected chi connectivity index (χ3v) is 1.45. The molecule has 0 amide bonds. The van der Waals surface area contributed by atoms with Crippen LogP contribution in [0.2, 0.25) is 0 Å². The molecule has 1 heterocycles. The number of rotatable bonds is 3. The first-order valence-corrected chi connectivity index (χ1v) is 4.21. The molecule has 1 aromatic heterocycles. The number of hydrogen-bond acceptors (Lipinski definition) is 3. The van der Waals surface area contributed by atoms with Crippen molar-refractivity contribution in [1.29, 1.82) is 0 Å². The van der Waals surface area contributed by atoms with Gasteiger partial charge in [-0.25, -0.2) is 4.98 Å². The molecule has 1 aromatic rings. The minimum Gasteiger partial charge on any atom is -0.369 e. The largest absolute Gasteiger partial charge is 0.369 e. The molecule has 0 radical (unpaired) electrons. The van der Waals surface area contributed by atoms with Crippen molar-refractivity contribution < 1.29 is 0 Å². The monoisotopic (exact) mass is 165 g/mol. The van der Waals surface area contributed by atoms with Crippen molar-refractivity contribution in [2.45, 2.75) is 20.8 Å². The smallest absolute Gasteiger partial charge is 0.144 e. The Morgan fingerprint density at radius 1 is 1.42 bits per heavy atom. The summed E-state index contributed by atoms with van der Waals surface area (Å²) in [4.78, 5) is 8.31. The number of hydrogen-bond donors (Lipinski definition) is 1. The van der Waals surface area contributed by atoms with Crippen LogP contribution < -0.4 is 5.32 Å². The zero-order chi connectivity index (χ0) is 8.97. The van der Waals surface area contributed by atoms with Crippen LogP contribution in [0.3, 0.4) is 0 Å². The summed E-state index contributed by atoms with van der Waals surface area (Å²) in [5, 5.41) is 3.21. The van der Waals surface area contributed by atoms with E-state index in [2.05, 4.69) is 29.1 Å². The molecule has 3 heteroatoms. The number of aryl methyl sites for hydroxylation is 1. The maximum Gasteiger partial charge on any atom is 0.144 e. The molecule has 1 rings (SSSR count). The van der Waals surface area contributed by atoms with E-state index in [0.717, 1.165) is 18.1 Å². The SMILES string of the molecule is Cc1cncc(NCC(C)C)n1. The maximum atomic E-state index is 4.27. The van der Waals surface area contributed by atoms with Crippen LogP contribution in [0.5, 0.6) is 0 Å². The van der Waals surface area contributed by atoms with Crippen LogP contribution in [0.1, 0.15) is 19.5 Å². The average molecular weight is 165 g/mol. The van der Waals surface area contributed by atoms with Gasteiger partial charge in [0.15, 0.2) is 0 Å². The molecule has 1 N–H and O–H groups in total. The number of nitrogens with zero attached hydrogens (tertiary/aromatic N) is 2. The summed E-state index contributed by atoms with van der Waals surface area (Å²) < 4.78 is 0. The fourth-order valence-corrected chi connectivity index (χ4v) is 0.857. The third kappa shape index (κ3) is 2.86. The second kappa shape index (κ2) is 4.04. The van der Waals surface area contributed by atoms with E-state index >= 15 is 0 Å². The van der Waals surface area contributed by atoms with Gasteiger partial charge in [0.2, 0.25) is 0 Å². The fourth-order valence-electron chi connectivity index (χ4n) is 0.857. The van der Waals surface area contributed by atoms with Crippen molar-refractivity contribution in [3.63, 3.8) is 0 Å². The van der Waals surface area contributed by atoms with Crippen molar-refractivity contribution in [3.8, 4) is 0 Å². The zero-order valence-corrected chi connectivity index (χ0v) is 7.83. The van der Waals surface area contributed by atoms with Crippen LogP contribution >= 0.6 is 0 Å². The van der Waals surface area contributed by atoms with E-state index in [1.54, 1.807) is 12.4 Å². The highest BCUT2D eigenvalue weighted by Crippen LogP contribution is 2.02. The lowest BCUT2D eigenvalue weighted by Crippen LogP contribution is -2.09. The predicted octanol–water partition coefficient (Wildman–Crippen LogP) is 1.85. The average Bonchev–Trinajstić information content (AvgIpc) is 2.01. The summed E-state index contributed by atoms with van der Waals surface area (Å²) in [7, 11) is 0. The van der Waals surface area contributed by atoms with Crippen LogP contribution in [0, 0.1) is 12.8 Å². The summed E-state index contributed by atoms with van der Waals surface area (Å²) in [5.41, 5.74) is 0.948. The van der Waals surface area contributed by atoms with Crippen LogP contribution in [0.15, 0.2) is 12.4 Å². The molecule has 0 aliphatic rings. The molecule has 66 valence electrons. The Kier molecular flexibility index (Phi) is 3.02. The first kappa shape index (κ1) is 8.97. The van der Waals surface area contributed by atoms with Crippen molar-refractivity contribution in [1.82, 2.24) is 9.97 Å². The van der Waals surface area contributed by atoms with Crippen molar-refractivity contribution in [2.75, 3.05) is 11.9 Å². The molecule has 0 atom stereocenters. The van der Waals surface area contributed by atoms with Crippen LogP contribution in [-0.2, 0) is 0 Å². The summed E-state index contributed by atoms with van der Waals surface area (Å²) in [6.45, 7) is 7.21. The fraction of sp³-hybridized carbons (Fsp3) is 0.556. The molecule has 0 bridgehead atoms. The maximum absolute atomic E-state index is 4.27. The first-order valence-electron chi connectivity index (χ1n) is 4.21. The highest BCUT2D eigenvalue weighted by molar-refractivity contribution is 5.31. The van der Waals surface area contributed by atoms with Crippen molar-refractivity contribution in [3.05, 3.63) is 18.1 Å². The highest BCUT2D eigenvalue weighted by atomic mass is 15.0. The highest BCUT2D eigenvalue weighted by Gasteiger charge is 1.95. The number of anilines is 1. The minimum absolute atomic E-state index is 0.632. The van der Waals surface area contributed by atoms with Gasteiger partial charge in [0.25, 0.3) is 0 Å². The van der Waals surface area contributed by atoms with Gasteiger partial charge in [-0.1, -0.05) is 13.8 Å². The van der Waals surface area contributed by atoms with Gasteiger partial charge in [-0.05, 0) is 12.8 Å². The summed E-state index contributed by atoms with van der Waals surface area (Å²) in [5.74, 6) is 1.50. The Morgan fingerprint density at radius 3 is 2.75 bits per heavy atom. The van der Waals surface area contributed by atoms with Gasteiger partial charge in [-0.15, -0.1) is 0 Å². The first-order chi connectivity index (χ1) is 5.68. The normalized spacial score (nSPS) is 10.3. The summed E-state index contributed by atoms with van der Waals surface area (Å²) >= 11 is 0. The van der Waals surface area contributed by atoms with Gasteiger partial charge in [0, 0.05) is 12.7 Å². The Hall–Kier alpha value is -1.12. The lowest BCUT2D eigenvalue weighted by atomic mass is 10.2. The predicted molar refractivity (Wildman–Crippen MR) is 50.1 cm³/mol. The number of nitrogens with one attached hydrogen (secondary N) is 1. The molecule has 0 aliphatic heterocycles. The van der Waals surface area contributed by atoms with Crippen LogP contribution in [0.4, 0.5) is 5.82 Å². The molecule has 0 unspecified atom stereocenters. The Balaban J connectivity index is 2.52. The standard InChI is InChI=1S/C9H15N3/c1-7(2)4-11-9-6-10-5-8(3)12-9/h5-7H,4H2,1-3H3,(H,11,12). The van der Waals surface area contributed by atoms with Gasteiger partial charge < -0.3 is 5.32 Å². The second-order valence-corrected chi connectivity index (χ2v) is 3.32. The Morgan fingerprint density at radius 2 is 2.17 bits per heavy atom. The van der Waals surface area contributed by atoms with Crippen molar-refractivity contribution in [2.24, 2.45) is 5.92 Å². The second-order valence-electron chi connectivity index (χ2n) is 3.32. The summed E-state index contributed by atoms with van der Waals surface area (Å²) in [6, 6.07) is 0. The number of aromatic nitrogens is 2. The molecule has 0 spiro atoms. The Bertz CT molecular complexity index is 245. The topological polar surface area (TPSA) is 37.8 Å². The molecule has 0 saturated carbocycles. The molecule has 0 saturated heterocycles. The quantitative estimate of drug-likeness (QED) is 0.742. The molecule has 3 nitrogen and oxygen atoms in total. The lowest BCUT2D eigenvalue weighted by Gasteiger charge is -2.07. The van der Waals surface area contributed by atoms with E-state index in [-0.39, 0.29) is 0 Å². The zero-order valence-electron chi connectivity index (χ0n) is 7.83. The van der Waals surface area contributed by atoms with Gasteiger partial charge in [-0.3, -0.25) is 4.98 Å². The molecular weight excluding hydrogens is 150 g/mol. The van der Waals surface area contributed by atoms with E-state index in [0.29, 0.717) is 5.92 Å². The molecule has 0 aliphatic carbocycles. The van der Waals surface area contributed by atoms with Crippen LogP contribution in [-0.4, -0.2) is 16.5 Å². The van der Waals surface area contributed by atoms with Crippen molar-refractivity contribution >= 4 is 5.82 Å². The minimum atomic E-state index is 0.632. The van der Waals surface area contributed by atoms with E-state index < -0.39 is 0 Å². The molecule has 0 fully saturated rings.